The van der Waals surface area contributed by atoms with Gasteiger partial charge in [0.2, 0.25) is 0 Å². The fraction of sp³-hybridized carbons (Fsp3) is 0.714. The molecule has 0 spiro atoms. The summed E-state index contributed by atoms with van der Waals surface area (Å²) < 4.78 is 0. The van der Waals surface area contributed by atoms with Crippen LogP contribution in [0, 0.1) is 5.92 Å². The van der Waals surface area contributed by atoms with Gasteiger partial charge >= 0.3 is 0 Å². The van der Waals surface area contributed by atoms with Crippen molar-refractivity contribution in [3.8, 4) is 0 Å². The van der Waals surface area contributed by atoms with Crippen LogP contribution in [0.15, 0.2) is 9.98 Å². The molecule has 0 aromatic heterocycles. The number of hydrogen-bond donors (Lipinski definition) is 1. The van der Waals surface area contributed by atoms with Crippen molar-refractivity contribution < 1.29 is 0 Å². The van der Waals surface area contributed by atoms with Crippen molar-refractivity contribution in [1.82, 2.24) is 0 Å². The predicted molar refractivity (Wildman–Crippen MR) is 41.7 cm³/mol. The van der Waals surface area contributed by atoms with Crippen LogP contribution >= 0.6 is 0 Å². The van der Waals surface area contributed by atoms with Crippen molar-refractivity contribution in [3.05, 3.63) is 0 Å². The molecule has 2 N–H and O–H groups in total. The molecule has 54 valence electrons. The van der Waals surface area contributed by atoms with E-state index >= 15 is 0 Å². The summed E-state index contributed by atoms with van der Waals surface area (Å²) in [4.78, 5) is 8.50. The number of rotatable bonds is 0. The molecule has 3 aliphatic rings. The maximum absolute atomic E-state index is 5.79. The van der Waals surface area contributed by atoms with Crippen LogP contribution in [0.3, 0.4) is 0 Å². The van der Waals surface area contributed by atoms with Crippen LogP contribution in [0.4, 0.5) is 0 Å². The van der Waals surface area contributed by atoms with Crippen molar-refractivity contribution in [2.24, 2.45) is 21.6 Å². The molecule has 0 saturated heterocycles. The maximum Gasteiger partial charge on any atom is 0.0718 e. The van der Waals surface area contributed by atoms with E-state index < -0.39 is 0 Å². The molecule has 3 heteroatoms. The highest BCUT2D eigenvalue weighted by atomic mass is 15.0. The molecule has 2 bridgehead atoms. The summed E-state index contributed by atoms with van der Waals surface area (Å²) in [5.41, 5.74) is 5.79. The van der Waals surface area contributed by atoms with Crippen molar-refractivity contribution in [3.63, 3.8) is 0 Å². The first-order valence-corrected chi connectivity index (χ1v) is 3.61. The average molecular weight is 137 g/mol. The molecule has 2 aliphatic heterocycles. The molecule has 0 radical (unpaired) electrons. The Morgan fingerprint density at radius 2 is 1.70 bits per heavy atom. The van der Waals surface area contributed by atoms with Gasteiger partial charge in [-0.1, -0.05) is 6.92 Å². The Bertz CT molecular complexity index is 167. The minimum Gasteiger partial charge on any atom is -0.324 e. The third kappa shape index (κ3) is 0.583. The van der Waals surface area contributed by atoms with E-state index in [1.165, 1.54) is 0 Å². The number of nitrogens with two attached hydrogens (primary N) is 1. The lowest BCUT2D eigenvalue weighted by molar-refractivity contribution is 0.191. The van der Waals surface area contributed by atoms with Crippen LogP contribution < -0.4 is 5.73 Å². The van der Waals surface area contributed by atoms with Crippen molar-refractivity contribution in [2.75, 3.05) is 0 Å². The SMILES string of the molecule is CC1C2N=CC=NC1C2N. The Morgan fingerprint density at radius 1 is 1.20 bits per heavy atom. The zero-order valence-corrected chi connectivity index (χ0v) is 5.94. The van der Waals surface area contributed by atoms with Gasteiger partial charge in [0.05, 0.1) is 18.1 Å². The Kier molecular flexibility index (Phi) is 1.14. The molecule has 3 rings (SSSR count). The van der Waals surface area contributed by atoms with Gasteiger partial charge in [0.1, 0.15) is 0 Å². The van der Waals surface area contributed by atoms with Gasteiger partial charge in [-0.05, 0) is 0 Å². The molecule has 3 nitrogen and oxygen atoms in total. The summed E-state index contributed by atoms with van der Waals surface area (Å²) in [5, 5.41) is 0. The Balaban J connectivity index is 2.27. The van der Waals surface area contributed by atoms with Gasteiger partial charge in [0, 0.05) is 18.3 Å². The van der Waals surface area contributed by atoms with Crippen LogP contribution in [-0.4, -0.2) is 30.6 Å². The fourth-order valence-corrected chi connectivity index (χ4v) is 1.71. The molecule has 2 atom stereocenters. The van der Waals surface area contributed by atoms with Crippen LogP contribution in [0.25, 0.3) is 0 Å². The lowest BCUT2D eigenvalue weighted by atomic mass is 9.72. The summed E-state index contributed by atoms with van der Waals surface area (Å²) >= 11 is 0. The molecule has 10 heavy (non-hydrogen) atoms. The molecule has 2 unspecified atom stereocenters. The number of fused-ring (bicyclic) bond motifs is 1. The van der Waals surface area contributed by atoms with E-state index in [2.05, 4.69) is 16.9 Å². The molecule has 0 aromatic carbocycles. The molecule has 1 fully saturated rings. The van der Waals surface area contributed by atoms with Crippen LogP contribution in [0.2, 0.25) is 0 Å². The molecule has 0 aromatic rings. The zero-order chi connectivity index (χ0) is 7.14. The van der Waals surface area contributed by atoms with E-state index in [0.29, 0.717) is 18.0 Å². The summed E-state index contributed by atoms with van der Waals surface area (Å²) in [6.07, 6.45) is 3.52. The predicted octanol–water partition coefficient (Wildman–Crippen LogP) is -0.144. The second-order valence-electron chi connectivity index (χ2n) is 3.01. The minimum absolute atomic E-state index is 0.171. The number of hydrogen-bond acceptors (Lipinski definition) is 3. The number of nitrogens with zero attached hydrogens (tertiary/aromatic N) is 2. The lowest BCUT2D eigenvalue weighted by Crippen LogP contribution is -2.60. The Morgan fingerprint density at radius 3 is 2.10 bits per heavy atom. The molecule has 0 amide bonds. The van der Waals surface area contributed by atoms with Gasteiger partial charge in [-0.15, -0.1) is 0 Å². The topological polar surface area (TPSA) is 50.7 Å². The van der Waals surface area contributed by atoms with Gasteiger partial charge in [0.15, 0.2) is 0 Å². The fourth-order valence-electron chi connectivity index (χ4n) is 1.71. The molecular formula is C7H11N3. The highest BCUT2D eigenvalue weighted by molar-refractivity contribution is 6.16. The first-order chi connectivity index (χ1) is 4.80. The normalized spacial score (nSPS) is 50.2. The maximum atomic E-state index is 5.79. The van der Waals surface area contributed by atoms with E-state index in [1.807, 2.05) is 0 Å². The molecule has 2 heterocycles. The summed E-state index contributed by atoms with van der Waals surface area (Å²) in [7, 11) is 0. The zero-order valence-electron chi connectivity index (χ0n) is 5.94. The van der Waals surface area contributed by atoms with Crippen molar-refractivity contribution in [2.45, 2.75) is 25.0 Å². The van der Waals surface area contributed by atoms with Crippen molar-refractivity contribution in [1.29, 1.82) is 0 Å². The van der Waals surface area contributed by atoms with Gasteiger partial charge in [-0.3, -0.25) is 9.98 Å². The van der Waals surface area contributed by atoms with E-state index in [0.717, 1.165) is 0 Å². The third-order valence-corrected chi connectivity index (χ3v) is 2.45. The second-order valence-corrected chi connectivity index (χ2v) is 3.01. The van der Waals surface area contributed by atoms with E-state index in [4.69, 9.17) is 5.73 Å². The highest BCUT2D eigenvalue weighted by Gasteiger charge is 2.45. The lowest BCUT2D eigenvalue weighted by Gasteiger charge is -2.42. The summed E-state index contributed by atoms with van der Waals surface area (Å²) in [5.74, 6) is 0.546. The Labute approximate surface area is 60.0 Å². The first-order valence-electron chi connectivity index (χ1n) is 3.61. The number of aliphatic imine (C=N–C) groups is 2. The Hall–Kier alpha value is -0.700. The largest absolute Gasteiger partial charge is 0.324 e. The third-order valence-electron chi connectivity index (χ3n) is 2.45. The minimum atomic E-state index is 0.171. The second kappa shape index (κ2) is 1.89. The van der Waals surface area contributed by atoms with Gasteiger partial charge in [-0.25, -0.2) is 0 Å². The quantitative estimate of drug-likeness (QED) is 0.496. The summed E-state index contributed by atoms with van der Waals surface area (Å²) in [6.45, 7) is 2.15. The van der Waals surface area contributed by atoms with E-state index in [1.54, 1.807) is 12.4 Å². The first kappa shape index (κ1) is 6.04. The van der Waals surface area contributed by atoms with Crippen LogP contribution in [0.5, 0.6) is 0 Å². The molecule has 1 aliphatic carbocycles. The van der Waals surface area contributed by atoms with Gasteiger partial charge in [-0.2, -0.15) is 0 Å². The molecule has 1 saturated carbocycles. The summed E-state index contributed by atoms with van der Waals surface area (Å²) in [6, 6.07) is 0.824. The van der Waals surface area contributed by atoms with Crippen molar-refractivity contribution >= 4 is 12.4 Å². The molecular weight excluding hydrogens is 126 g/mol. The monoisotopic (exact) mass is 137 g/mol. The van der Waals surface area contributed by atoms with E-state index in [9.17, 15) is 0 Å². The van der Waals surface area contributed by atoms with E-state index in [-0.39, 0.29) is 6.04 Å². The average Bonchev–Trinajstić information content (AvgIpc) is 2.22. The van der Waals surface area contributed by atoms with Gasteiger partial charge in [0.25, 0.3) is 0 Å². The highest BCUT2D eigenvalue weighted by Crippen LogP contribution is 2.32. The van der Waals surface area contributed by atoms with Gasteiger partial charge < -0.3 is 5.73 Å². The van der Waals surface area contributed by atoms with Crippen LogP contribution in [-0.2, 0) is 0 Å². The van der Waals surface area contributed by atoms with Crippen LogP contribution in [0.1, 0.15) is 6.92 Å². The standard InChI is InChI=1S/C7H11N3/c1-4-6-5(8)7(4)10-3-2-9-6/h2-7H,8H2,1H3. The smallest absolute Gasteiger partial charge is 0.0718 e.